The van der Waals surface area contributed by atoms with Gasteiger partial charge in [0.05, 0.1) is 12.1 Å². The second kappa shape index (κ2) is 10.4. The first-order valence-electron chi connectivity index (χ1n) is 11.9. The summed E-state index contributed by atoms with van der Waals surface area (Å²) in [4.78, 5) is 22.5. The third-order valence-corrected chi connectivity index (χ3v) is 6.38. The highest BCUT2D eigenvalue weighted by atomic mass is 16.5. The van der Waals surface area contributed by atoms with E-state index < -0.39 is 6.10 Å². The number of hydrogen-bond acceptors (Lipinski definition) is 4. The molecule has 0 aliphatic carbocycles. The molecule has 0 bridgehead atoms. The molecule has 1 aliphatic heterocycles. The van der Waals surface area contributed by atoms with Crippen LogP contribution in [0.5, 0.6) is 0 Å². The van der Waals surface area contributed by atoms with Crippen molar-refractivity contribution in [2.24, 2.45) is 5.92 Å². The molecule has 1 fully saturated rings. The lowest BCUT2D eigenvalue weighted by Gasteiger charge is -2.35. The Balaban J connectivity index is 1.49. The summed E-state index contributed by atoms with van der Waals surface area (Å²) in [5.74, 6) is 0.438. The van der Waals surface area contributed by atoms with Crippen molar-refractivity contribution < 1.29 is 9.53 Å². The van der Waals surface area contributed by atoms with E-state index in [0.717, 1.165) is 29.6 Å². The maximum Gasteiger partial charge on any atom is 0.253 e. The Morgan fingerprint density at radius 2 is 1.97 bits per heavy atom. The van der Waals surface area contributed by atoms with Gasteiger partial charge in [-0.2, -0.15) is 0 Å². The second-order valence-electron chi connectivity index (χ2n) is 9.62. The molecule has 33 heavy (non-hydrogen) atoms. The Morgan fingerprint density at radius 1 is 1.15 bits per heavy atom. The van der Waals surface area contributed by atoms with Crippen molar-refractivity contribution in [1.82, 2.24) is 14.8 Å². The summed E-state index contributed by atoms with van der Waals surface area (Å²) in [6.45, 7) is 12.7. The average Bonchev–Trinajstić information content (AvgIpc) is 2.81. The molecule has 1 aliphatic rings. The predicted molar refractivity (Wildman–Crippen MR) is 133 cm³/mol. The molecule has 0 radical (unpaired) electrons. The Kier molecular flexibility index (Phi) is 7.41. The number of nitrogens with zero attached hydrogens (tertiary/aromatic N) is 3. The number of hydrogen-bond donors (Lipinski definition) is 0. The highest BCUT2D eigenvalue weighted by Crippen LogP contribution is 2.21. The van der Waals surface area contributed by atoms with Crippen molar-refractivity contribution in [2.75, 3.05) is 26.2 Å². The van der Waals surface area contributed by atoms with Crippen LogP contribution in [0.15, 0.2) is 54.7 Å². The van der Waals surface area contributed by atoms with Gasteiger partial charge in [0.15, 0.2) is 0 Å². The van der Waals surface area contributed by atoms with Gasteiger partial charge in [-0.15, -0.1) is 0 Å². The van der Waals surface area contributed by atoms with E-state index >= 15 is 0 Å². The minimum atomic E-state index is -0.438. The van der Waals surface area contributed by atoms with Crippen molar-refractivity contribution in [3.63, 3.8) is 0 Å². The third kappa shape index (κ3) is 5.79. The third-order valence-electron chi connectivity index (χ3n) is 6.38. The van der Waals surface area contributed by atoms with E-state index in [-0.39, 0.29) is 5.91 Å². The van der Waals surface area contributed by atoms with Gasteiger partial charge in [0.2, 0.25) is 0 Å². The SMILES string of the molecule is Cc1ccc(CN2CCO[C@@H](C(=O)N(Cc3cccc4cccnc34)CC(C)C)C2)cc1C. The molecule has 2 heterocycles. The number of fused-ring (bicyclic) bond motifs is 1. The van der Waals surface area contributed by atoms with E-state index in [1.165, 1.54) is 16.7 Å². The highest BCUT2D eigenvalue weighted by Gasteiger charge is 2.31. The molecular formula is C28H35N3O2. The van der Waals surface area contributed by atoms with Crippen molar-refractivity contribution in [3.8, 4) is 0 Å². The zero-order valence-corrected chi connectivity index (χ0v) is 20.3. The summed E-state index contributed by atoms with van der Waals surface area (Å²) in [7, 11) is 0. The van der Waals surface area contributed by atoms with Crippen LogP contribution in [0.25, 0.3) is 10.9 Å². The number of morpholine rings is 1. The quantitative estimate of drug-likeness (QED) is 0.527. The largest absolute Gasteiger partial charge is 0.366 e. The topological polar surface area (TPSA) is 45.7 Å². The van der Waals surface area contributed by atoms with Crippen LogP contribution in [0, 0.1) is 19.8 Å². The lowest BCUT2D eigenvalue weighted by atomic mass is 10.1. The van der Waals surface area contributed by atoms with Crippen molar-refractivity contribution in [3.05, 3.63) is 77.0 Å². The van der Waals surface area contributed by atoms with Crippen LogP contribution in [-0.4, -0.2) is 53.0 Å². The van der Waals surface area contributed by atoms with Gasteiger partial charge in [0.1, 0.15) is 6.10 Å². The minimum absolute atomic E-state index is 0.0708. The van der Waals surface area contributed by atoms with Gasteiger partial charge in [-0.05, 0) is 48.1 Å². The Bertz CT molecular complexity index is 1110. The number of aromatic nitrogens is 1. The Hall–Kier alpha value is -2.76. The molecule has 1 amide bonds. The summed E-state index contributed by atoms with van der Waals surface area (Å²) in [5, 5.41) is 1.10. The first-order chi connectivity index (χ1) is 15.9. The summed E-state index contributed by atoms with van der Waals surface area (Å²) in [6, 6.07) is 16.8. The number of benzene rings is 2. The molecule has 3 aromatic rings. The predicted octanol–water partition coefficient (Wildman–Crippen LogP) is 4.74. The normalized spacial score (nSPS) is 16.9. The molecule has 0 N–H and O–H groups in total. The average molecular weight is 446 g/mol. The van der Waals surface area contributed by atoms with Gasteiger partial charge in [-0.25, -0.2) is 0 Å². The van der Waals surface area contributed by atoms with Gasteiger partial charge >= 0.3 is 0 Å². The van der Waals surface area contributed by atoms with Gasteiger partial charge < -0.3 is 9.64 Å². The van der Waals surface area contributed by atoms with Crippen LogP contribution in [0.3, 0.4) is 0 Å². The van der Waals surface area contributed by atoms with Crippen LogP contribution in [0.2, 0.25) is 0 Å². The standard InChI is InChI=1S/C28H35N3O2/c1-20(2)16-31(18-25-8-5-7-24-9-6-12-29-27(24)25)28(32)26-19-30(13-14-33-26)17-23-11-10-21(3)22(4)15-23/h5-12,15,20,26H,13-14,16-19H2,1-4H3/t26-/m1/s1. The number of para-hydroxylation sites is 1. The molecule has 5 nitrogen and oxygen atoms in total. The van der Waals surface area contributed by atoms with E-state index in [4.69, 9.17) is 4.74 Å². The Morgan fingerprint density at radius 3 is 2.76 bits per heavy atom. The van der Waals surface area contributed by atoms with Crippen LogP contribution in [0.1, 0.15) is 36.1 Å². The number of carbonyl (C=O) groups excluding carboxylic acids is 1. The molecule has 174 valence electrons. The van der Waals surface area contributed by atoms with Crippen LogP contribution in [-0.2, 0) is 22.6 Å². The molecule has 1 aromatic heterocycles. The lowest BCUT2D eigenvalue weighted by molar-refractivity contribution is -0.151. The number of rotatable bonds is 7. The second-order valence-corrected chi connectivity index (χ2v) is 9.62. The molecular weight excluding hydrogens is 410 g/mol. The van der Waals surface area contributed by atoms with Crippen LogP contribution < -0.4 is 0 Å². The zero-order valence-electron chi connectivity index (χ0n) is 20.3. The zero-order chi connectivity index (χ0) is 23.4. The van der Waals surface area contributed by atoms with E-state index in [1.807, 2.05) is 23.2 Å². The number of pyridine rings is 1. The highest BCUT2D eigenvalue weighted by molar-refractivity contribution is 5.84. The van der Waals surface area contributed by atoms with E-state index in [0.29, 0.717) is 32.2 Å². The summed E-state index contributed by atoms with van der Waals surface area (Å²) in [5.41, 5.74) is 5.93. The number of amides is 1. The fourth-order valence-corrected chi connectivity index (χ4v) is 4.53. The van der Waals surface area contributed by atoms with E-state index in [1.54, 1.807) is 0 Å². The number of carbonyl (C=O) groups is 1. The molecule has 1 saturated heterocycles. The van der Waals surface area contributed by atoms with Crippen molar-refractivity contribution in [2.45, 2.75) is 46.9 Å². The van der Waals surface area contributed by atoms with Crippen LogP contribution >= 0.6 is 0 Å². The lowest BCUT2D eigenvalue weighted by Crippen LogP contribution is -2.51. The summed E-state index contributed by atoms with van der Waals surface area (Å²) in [6.07, 6.45) is 1.38. The Labute approximate surface area is 197 Å². The van der Waals surface area contributed by atoms with Gasteiger partial charge in [0.25, 0.3) is 5.91 Å². The fraction of sp³-hybridized carbons (Fsp3) is 0.429. The number of ether oxygens (including phenoxy) is 1. The smallest absolute Gasteiger partial charge is 0.253 e. The maximum atomic E-state index is 13.6. The minimum Gasteiger partial charge on any atom is -0.366 e. The van der Waals surface area contributed by atoms with Crippen molar-refractivity contribution >= 4 is 16.8 Å². The monoisotopic (exact) mass is 445 g/mol. The molecule has 4 rings (SSSR count). The molecule has 0 spiro atoms. The van der Waals surface area contributed by atoms with Gasteiger partial charge in [-0.1, -0.05) is 56.3 Å². The van der Waals surface area contributed by atoms with Gasteiger partial charge in [-0.3, -0.25) is 14.7 Å². The van der Waals surface area contributed by atoms with E-state index in [2.05, 4.69) is 74.0 Å². The van der Waals surface area contributed by atoms with Crippen LogP contribution in [0.4, 0.5) is 0 Å². The molecule has 0 saturated carbocycles. The molecule has 1 atom stereocenters. The van der Waals surface area contributed by atoms with Crippen molar-refractivity contribution in [1.29, 1.82) is 0 Å². The molecule has 2 aromatic carbocycles. The molecule has 5 heteroatoms. The number of aryl methyl sites for hydroxylation is 2. The molecule has 0 unspecified atom stereocenters. The summed E-state index contributed by atoms with van der Waals surface area (Å²) >= 11 is 0. The summed E-state index contributed by atoms with van der Waals surface area (Å²) < 4.78 is 5.99. The van der Waals surface area contributed by atoms with E-state index in [9.17, 15) is 4.79 Å². The van der Waals surface area contributed by atoms with Gasteiger partial charge in [0, 0.05) is 44.3 Å². The first kappa shape index (κ1) is 23.4. The maximum absolute atomic E-state index is 13.6. The fourth-order valence-electron chi connectivity index (χ4n) is 4.53. The first-order valence-corrected chi connectivity index (χ1v) is 11.9.